The average Bonchev–Trinajstić information content (AvgIpc) is 2.54. The predicted molar refractivity (Wildman–Crippen MR) is 95.3 cm³/mol. The summed E-state index contributed by atoms with van der Waals surface area (Å²) in [5.41, 5.74) is 4.24. The Bertz CT molecular complexity index is 902. The van der Waals surface area contributed by atoms with Gasteiger partial charge in [0, 0.05) is 41.7 Å². The number of carbonyl (C=O) groups is 1. The Morgan fingerprint density at radius 1 is 1.08 bits per heavy atom. The number of fused-ring (bicyclic) bond motifs is 1. The number of aromatic nitrogens is 1. The summed E-state index contributed by atoms with van der Waals surface area (Å²) in [6.07, 6.45) is 3.02. The molecule has 5 heteroatoms. The van der Waals surface area contributed by atoms with Crippen LogP contribution in [0.5, 0.6) is 0 Å². The van der Waals surface area contributed by atoms with Gasteiger partial charge in [0.05, 0.1) is 11.1 Å². The lowest BCUT2D eigenvalue weighted by Gasteiger charge is -2.33. The number of nitrogens with zero attached hydrogens (tertiary/aromatic N) is 2. The molecule has 0 spiro atoms. The fraction of sp³-hybridized carbons (Fsp3) is 0.158. The number of pyridine rings is 1. The molecule has 0 bridgehead atoms. The lowest BCUT2D eigenvalue weighted by Crippen LogP contribution is -2.36. The Morgan fingerprint density at radius 2 is 1.88 bits per heavy atom. The van der Waals surface area contributed by atoms with Gasteiger partial charge in [0.15, 0.2) is 0 Å². The molecule has 5 nitrogen and oxygen atoms in total. The number of hydrogen-bond donors (Lipinski definition) is 2. The zero-order chi connectivity index (χ0) is 16.5. The quantitative estimate of drug-likeness (QED) is 0.764. The fourth-order valence-corrected chi connectivity index (χ4v) is 2.87. The maximum Gasteiger partial charge on any atom is 0.335 e. The van der Waals surface area contributed by atoms with E-state index in [4.69, 9.17) is 5.11 Å². The number of anilines is 3. The molecule has 0 aliphatic carbocycles. The van der Waals surface area contributed by atoms with Gasteiger partial charge in [-0.15, -0.1) is 0 Å². The first-order chi connectivity index (χ1) is 11.7. The molecular weight excluding hydrogens is 302 g/mol. The third-order valence-electron chi connectivity index (χ3n) is 4.36. The molecule has 4 rings (SSSR count). The van der Waals surface area contributed by atoms with Crippen LogP contribution in [0.25, 0.3) is 10.9 Å². The third kappa shape index (κ3) is 2.65. The lowest BCUT2D eigenvalue weighted by atomic mass is 10.1. The van der Waals surface area contributed by atoms with Crippen molar-refractivity contribution in [3.05, 3.63) is 60.3 Å². The van der Waals surface area contributed by atoms with Crippen molar-refractivity contribution in [2.24, 2.45) is 0 Å². The highest BCUT2D eigenvalue weighted by Crippen LogP contribution is 2.30. The van der Waals surface area contributed by atoms with Crippen LogP contribution in [0.3, 0.4) is 0 Å². The molecule has 24 heavy (non-hydrogen) atoms. The maximum absolute atomic E-state index is 10.9. The van der Waals surface area contributed by atoms with Gasteiger partial charge in [0.1, 0.15) is 0 Å². The highest BCUT2D eigenvalue weighted by molar-refractivity contribution is 5.95. The van der Waals surface area contributed by atoms with E-state index >= 15 is 0 Å². The molecule has 0 saturated carbocycles. The van der Waals surface area contributed by atoms with Crippen LogP contribution in [0.1, 0.15) is 16.8 Å². The second-order valence-corrected chi connectivity index (χ2v) is 5.91. The number of rotatable bonds is 4. The first-order valence-electron chi connectivity index (χ1n) is 7.95. The van der Waals surface area contributed by atoms with Gasteiger partial charge in [-0.05, 0) is 55.0 Å². The Labute approximate surface area is 139 Å². The van der Waals surface area contributed by atoms with E-state index in [1.165, 1.54) is 12.1 Å². The minimum Gasteiger partial charge on any atom is -0.478 e. The van der Waals surface area contributed by atoms with E-state index in [0.29, 0.717) is 0 Å². The Hall–Kier alpha value is -3.08. The molecule has 0 radical (unpaired) electrons. The molecule has 2 heterocycles. The van der Waals surface area contributed by atoms with Crippen molar-refractivity contribution in [3.8, 4) is 0 Å². The van der Waals surface area contributed by atoms with Crippen LogP contribution < -0.4 is 10.2 Å². The molecule has 1 saturated heterocycles. The number of aromatic carboxylic acids is 1. The second-order valence-electron chi connectivity index (χ2n) is 5.91. The van der Waals surface area contributed by atoms with Crippen molar-refractivity contribution in [1.82, 2.24) is 4.98 Å². The van der Waals surface area contributed by atoms with Crippen LogP contribution in [0.2, 0.25) is 0 Å². The summed E-state index contributed by atoms with van der Waals surface area (Å²) >= 11 is 0. The van der Waals surface area contributed by atoms with E-state index in [0.717, 1.165) is 35.4 Å². The number of hydrogen-bond acceptors (Lipinski definition) is 4. The molecule has 0 atom stereocenters. The van der Waals surface area contributed by atoms with Gasteiger partial charge in [-0.25, -0.2) is 4.79 Å². The summed E-state index contributed by atoms with van der Waals surface area (Å²) < 4.78 is 0. The molecule has 1 aromatic heterocycles. The third-order valence-corrected chi connectivity index (χ3v) is 4.36. The molecule has 120 valence electrons. The highest BCUT2D eigenvalue weighted by atomic mass is 16.4. The topological polar surface area (TPSA) is 65.5 Å². The minimum atomic E-state index is -0.921. The van der Waals surface area contributed by atoms with Gasteiger partial charge in [0.2, 0.25) is 0 Å². The largest absolute Gasteiger partial charge is 0.478 e. The number of carboxylic acids is 1. The Kier molecular flexibility index (Phi) is 3.54. The molecule has 1 fully saturated rings. The van der Waals surface area contributed by atoms with Gasteiger partial charge in [-0.2, -0.15) is 0 Å². The standard InChI is InChI=1S/C19H17N3O2/c23-19(24)13-2-4-14(5-3-13)21-18-8-9-20-17-7-6-15(12-16(17)18)22-10-1-11-22/h2-9,12H,1,10-11H2,(H,20,21)(H,23,24). The minimum absolute atomic E-state index is 0.278. The second kappa shape index (κ2) is 5.85. The van der Waals surface area contributed by atoms with Crippen molar-refractivity contribution < 1.29 is 9.90 Å². The Morgan fingerprint density at radius 3 is 2.54 bits per heavy atom. The summed E-state index contributed by atoms with van der Waals surface area (Å²) in [6, 6.07) is 15.0. The predicted octanol–water partition coefficient (Wildman–Crippen LogP) is 3.89. The smallest absolute Gasteiger partial charge is 0.335 e. The average molecular weight is 319 g/mol. The van der Waals surface area contributed by atoms with Gasteiger partial charge in [0.25, 0.3) is 0 Å². The van der Waals surface area contributed by atoms with E-state index in [9.17, 15) is 4.79 Å². The van der Waals surface area contributed by atoms with Crippen molar-refractivity contribution >= 4 is 33.9 Å². The van der Waals surface area contributed by atoms with E-state index in [1.807, 2.05) is 12.1 Å². The van der Waals surface area contributed by atoms with Crippen LogP contribution in [0.15, 0.2) is 54.7 Å². The highest BCUT2D eigenvalue weighted by Gasteiger charge is 2.15. The van der Waals surface area contributed by atoms with Gasteiger partial charge >= 0.3 is 5.97 Å². The van der Waals surface area contributed by atoms with Gasteiger partial charge in [-0.1, -0.05) is 0 Å². The van der Waals surface area contributed by atoms with Crippen LogP contribution in [-0.2, 0) is 0 Å². The van der Waals surface area contributed by atoms with Crippen molar-refractivity contribution in [2.45, 2.75) is 6.42 Å². The van der Waals surface area contributed by atoms with Crippen LogP contribution >= 0.6 is 0 Å². The van der Waals surface area contributed by atoms with Crippen LogP contribution in [0.4, 0.5) is 17.1 Å². The number of carboxylic acid groups (broad SMARTS) is 1. The molecule has 2 aromatic carbocycles. The van der Waals surface area contributed by atoms with E-state index in [2.05, 4.69) is 27.3 Å². The summed E-state index contributed by atoms with van der Waals surface area (Å²) in [5.74, 6) is -0.921. The molecule has 1 aliphatic rings. The summed E-state index contributed by atoms with van der Waals surface area (Å²) in [4.78, 5) is 17.7. The molecule has 3 aromatic rings. The van der Waals surface area contributed by atoms with Crippen LogP contribution in [-0.4, -0.2) is 29.1 Å². The van der Waals surface area contributed by atoms with E-state index < -0.39 is 5.97 Å². The van der Waals surface area contributed by atoms with Gasteiger partial charge in [-0.3, -0.25) is 4.98 Å². The first kappa shape index (κ1) is 14.5. The summed E-state index contributed by atoms with van der Waals surface area (Å²) in [7, 11) is 0. The van der Waals surface area contributed by atoms with Crippen molar-refractivity contribution in [2.75, 3.05) is 23.3 Å². The van der Waals surface area contributed by atoms with Gasteiger partial charge < -0.3 is 15.3 Å². The number of benzene rings is 2. The molecule has 2 N–H and O–H groups in total. The maximum atomic E-state index is 10.9. The normalized spacial score (nSPS) is 13.6. The van der Waals surface area contributed by atoms with E-state index in [-0.39, 0.29) is 5.56 Å². The summed E-state index contributed by atoms with van der Waals surface area (Å²) in [5, 5.41) is 13.4. The van der Waals surface area contributed by atoms with Crippen LogP contribution in [0, 0.1) is 0 Å². The van der Waals surface area contributed by atoms with Crippen molar-refractivity contribution in [3.63, 3.8) is 0 Å². The Balaban J connectivity index is 1.68. The first-order valence-corrected chi connectivity index (χ1v) is 7.95. The molecule has 1 aliphatic heterocycles. The molecule has 0 unspecified atom stereocenters. The molecular formula is C19H17N3O2. The van der Waals surface area contributed by atoms with E-state index in [1.54, 1.807) is 30.5 Å². The zero-order valence-corrected chi connectivity index (χ0v) is 13.1. The zero-order valence-electron chi connectivity index (χ0n) is 13.1. The number of nitrogens with one attached hydrogen (secondary N) is 1. The lowest BCUT2D eigenvalue weighted by molar-refractivity contribution is 0.0697. The SMILES string of the molecule is O=C(O)c1ccc(Nc2ccnc3ccc(N4CCC4)cc23)cc1. The summed E-state index contributed by atoms with van der Waals surface area (Å²) in [6.45, 7) is 2.20. The monoisotopic (exact) mass is 319 g/mol. The van der Waals surface area contributed by atoms with Crippen molar-refractivity contribution in [1.29, 1.82) is 0 Å². The molecule has 0 amide bonds. The fourth-order valence-electron chi connectivity index (χ4n) is 2.87.